The Kier molecular flexibility index (Phi) is 4.83. The van der Waals surface area contributed by atoms with E-state index in [1.54, 1.807) is 13.0 Å². The van der Waals surface area contributed by atoms with Gasteiger partial charge in [-0.15, -0.1) is 0 Å². The summed E-state index contributed by atoms with van der Waals surface area (Å²) in [5.41, 5.74) is -1.28. The van der Waals surface area contributed by atoms with Crippen LogP contribution in [0.3, 0.4) is 0 Å². The predicted molar refractivity (Wildman–Crippen MR) is 77.3 cm³/mol. The molecule has 2 aromatic rings. The molecule has 23 heavy (non-hydrogen) atoms. The van der Waals surface area contributed by atoms with Crippen LogP contribution in [0, 0.1) is 6.92 Å². The van der Waals surface area contributed by atoms with Crippen molar-refractivity contribution < 1.29 is 22.7 Å². The Hall–Kier alpha value is -2.64. The van der Waals surface area contributed by atoms with Crippen LogP contribution in [-0.2, 0) is 6.18 Å². The highest BCUT2D eigenvalue weighted by molar-refractivity contribution is 6.04. The normalized spacial score (nSPS) is 11.2. The standard InChI is InChI=1S/C15H14F3N3O2/c1-3-23-11-6-7-12(20-9(11)2)21-14(22)10-5-4-8-19-13(10)15(16,17)18/h4-8H,3H2,1-2H3,(H,20,21,22). The second-order valence-electron chi connectivity index (χ2n) is 4.56. The van der Waals surface area contributed by atoms with Crippen molar-refractivity contribution in [1.82, 2.24) is 9.97 Å². The maximum absolute atomic E-state index is 12.9. The van der Waals surface area contributed by atoms with Gasteiger partial charge in [0, 0.05) is 6.20 Å². The average Bonchev–Trinajstić information content (AvgIpc) is 2.49. The summed E-state index contributed by atoms with van der Waals surface area (Å²) in [7, 11) is 0. The highest BCUT2D eigenvalue weighted by Gasteiger charge is 2.37. The largest absolute Gasteiger partial charge is 0.492 e. The summed E-state index contributed by atoms with van der Waals surface area (Å²) in [5, 5.41) is 2.34. The molecule has 8 heteroatoms. The molecule has 0 fully saturated rings. The van der Waals surface area contributed by atoms with E-state index in [9.17, 15) is 18.0 Å². The minimum atomic E-state index is -4.71. The molecule has 0 radical (unpaired) electrons. The molecule has 0 aromatic carbocycles. The van der Waals surface area contributed by atoms with Crippen LogP contribution < -0.4 is 10.1 Å². The average molecular weight is 325 g/mol. The first-order valence-corrected chi connectivity index (χ1v) is 6.77. The van der Waals surface area contributed by atoms with Crippen LogP contribution in [-0.4, -0.2) is 22.5 Å². The number of aromatic nitrogens is 2. The van der Waals surface area contributed by atoms with Crippen LogP contribution in [0.2, 0.25) is 0 Å². The first-order chi connectivity index (χ1) is 10.8. The summed E-state index contributed by atoms with van der Waals surface area (Å²) in [6, 6.07) is 5.38. The van der Waals surface area contributed by atoms with Gasteiger partial charge in [0.25, 0.3) is 5.91 Å². The smallest absolute Gasteiger partial charge is 0.434 e. The van der Waals surface area contributed by atoms with E-state index in [0.717, 1.165) is 12.3 Å². The van der Waals surface area contributed by atoms with Crippen molar-refractivity contribution in [3.8, 4) is 5.75 Å². The van der Waals surface area contributed by atoms with Crippen LogP contribution in [0.15, 0.2) is 30.5 Å². The van der Waals surface area contributed by atoms with Crippen molar-refractivity contribution >= 4 is 11.7 Å². The van der Waals surface area contributed by atoms with Crippen LogP contribution in [0.4, 0.5) is 19.0 Å². The molecule has 1 amide bonds. The van der Waals surface area contributed by atoms with Gasteiger partial charge in [0.05, 0.1) is 17.9 Å². The fourth-order valence-electron chi connectivity index (χ4n) is 1.92. The van der Waals surface area contributed by atoms with E-state index >= 15 is 0 Å². The molecular weight excluding hydrogens is 311 g/mol. The van der Waals surface area contributed by atoms with Gasteiger partial charge in [-0.25, -0.2) is 4.98 Å². The van der Waals surface area contributed by atoms with E-state index < -0.39 is 23.3 Å². The number of nitrogens with zero attached hydrogens (tertiary/aromatic N) is 2. The Balaban J connectivity index is 2.25. The SMILES string of the molecule is CCOc1ccc(NC(=O)c2cccnc2C(F)(F)F)nc1C. The zero-order chi connectivity index (χ0) is 17.0. The minimum Gasteiger partial charge on any atom is -0.492 e. The van der Waals surface area contributed by atoms with Crippen LogP contribution in [0.1, 0.15) is 28.7 Å². The predicted octanol–water partition coefficient (Wildman–Crippen LogP) is 3.45. The van der Waals surface area contributed by atoms with Gasteiger partial charge in [-0.2, -0.15) is 13.2 Å². The molecule has 0 saturated carbocycles. The van der Waals surface area contributed by atoms with Gasteiger partial charge < -0.3 is 10.1 Å². The monoisotopic (exact) mass is 325 g/mol. The quantitative estimate of drug-likeness (QED) is 0.935. The number of halogens is 3. The molecule has 122 valence electrons. The lowest BCUT2D eigenvalue weighted by Crippen LogP contribution is -2.20. The molecule has 0 aliphatic carbocycles. The van der Waals surface area contributed by atoms with Crippen LogP contribution in [0.25, 0.3) is 0 Å². The number of amides is 1. The number of rotatable bonds is 4. The first-order valence-electron chi connectivity index (χ1n) is 6.77. The molecule has 0 bridgehead atoms. The lowest BCUT2D eigenvalue weighted by atomic mass is 10.1. The summed E-state index contributed by atoms with van der Waals surface area (Å²) in [6.45, 7) is 3.95. The molecule has 5 nitrogen and oxygen atoms in total. The molecule has 0 aliphatic heterocycles. The summed E-state index contributed by atoms with van der Waals surface area (Å²) in [4.78, 5) is 19.4. The van der Waals surface area contributed by atoms with Crippen molar-refractivity contribution in [2.24, 2.45) is 0 Å². The van der Waals surface area contributed by atoms with Crippen molar-refractivity contribution in [2.75, 3.05) is 11.9 Å². The Morgan fingerprint density at radius 1 is 1.30 bits per heavy atom. The number of alkyl halides is 3. The number of anilines is 1. The van der Waals surface area contributed by atoms with Gasteiger partial charge in [0.2, 0.25) is 0 Å². The third kappa shape index (κ3) is 3.97. The van der Waals surface area contributed by atoms with E-state index in [1.807, 2.05) is 6.92 Å². The van der Waals surface area contributed by atoms with Gasteiger partial charge in [0.1, 0.15) is 11.6 Å². The third-order valence-electron chi connectivity index (χ3n) is 2.90. The maximum atomic E-state index is 12.9. The third-order valence-corrected chi connectivity index (χ3v) is 2.90. The van der Waals surface area contributed by atoms with E-state index in [0.29, 0.717) is 18.1 Å². The Morgan fingerprint density at radius 2 is 2.04 bits per heavy atom. The highest BCUT2D eigenvalue weighted by Crippen LogP contribution is 2.30. The molecule has 0 spiro atoms. The Morgan fingerprint density at radius 3 is 2.65 bits per heavy atom. The molecular formula is C15H14F3N3O2. The Labute approximate surface area is 130 Å². The zero-order valence-corrected chi connectivity index (χ0v) is 12.4. The number of hydrogen-bond acceptors (Lipinski definition) is 4. The van der Waals surface area contributed by atoms with Crippen molar-refractivity contribution in [2.45, 2.75) is 20.0 Å². The van der Waals surface area contributed by atoms with E-state index in [2.05, 4.69) is 15.3 Å². The molecule has 0 unspecified atom stereocenters. The lowest BCUT2D eigenvalue weighted by molar-refractivity contribution is -0.141. The second-order valence-corrected chi connectivity index (χ2v) is 4.56. The molecule has 2 aromatic heterocycles. The van der Waals surface area contributed by atoms with Gasteiger partial charge in [-0.05, 0) is 38.1 Å². The number of ether oxygens (including phenoxy) is 1. The summed E-state index contributed by atoms with van der Waals surface area (Å²) < 4.78 is 43.9. The molecule has 2 rings (SSSR count). The summed E-state index contributed by atoms with van der Waals surface area (Å²) >= 11 is 0. The molecule has 1 N–H and O–H groups in total. The maximum Gasteiger partial charge on any atom is 0.434 e. The Bertz CT molecular complexity index is 717. The van der Waals surface area contributed by atoms with Crippen molar-refractivity contribution in [3.05, 3.63) is 47.4 Å². The van der Waals surface area contributed by atoms with Gasteiger partial charge in [-0.3, -0.25) is 9.78 Å². The highest BCUT2D eigenvalue weighted by atomic mass is 19.4. The second kappa shape index (κ2) is 6.64. The number of aryl methyl sites for hydroxylation is 1. The topological polar surface area (TPSA) is 64.1 Å². The van der Waals surface area contributed by atoms with E-state index in [1.165, 1.54) is 12.1 Å². The summed E-state index contributed by atoms with van der Waals surface area (Å²) in [5.74, 6) is -0.253. The van der Waals surface area contributed by atoms with Crippen molar-refractivity contribution in [1.29, 1.82) is 0 Å². The molecule has 0 aliphatic rings. The number of nitrogens with one attached hydrogen (secondary N) is 1. The number of pyridine rings is 2. The van der Waals surface area contributed by atoms with Crippen LogP contribution >= 0.6 is 0 Å². The lowest BCUT2D eigenvalue weighted by Gasteiger charge is -2.12. The fraction of sp³-hybridized carbons (Fsp3) is 0.267. The fourth-order valence-corrected chi connectivity index (χ4v) is 1.92. The van der Waals surface area contributed by atoms with E-state index in [4.69, 9.17) is 4.74 Å². The number of carbonyl (C=O) groups excluding carboxylic acids is 1. The molecule has 2 heterocycles. The van der Waals surface area contributed by atoms with Gasteiger partial charge in [0.15, 0.2) is 5.69 Å². The van der Waals surface area contributed by atoms with E-state index in [-0.39, 0.29) is 5.82 Å². The van der Waals surface area contributed by atoms with Gasteiger partial charge >= 0.3 is 6.18 Å². The van der Waals surface area contributed by atoms with Crippen molar-refractivity contribution in [3.63, 3.8) is 0 Å². The number of carbonyl (C=O) groups is 1. The number of hydrogen-bond donors (Lipinski definition) is 1. The van der Waals surface area contributed by atoms with Crippen LogP contribution in [0.5, 0.6) is 5.75 Å². The van der Waals surface area contributed by atoms with Gasteiger partial charge in [-0.1, -0.05) is 0 Å². The zero-order valence-electron chi connectivity index (χ0n) is 12.4. The molecule has 0 atom stereocenters. The first kappa shape index (κ1) is 16.7. The summed E-state index contributed by atoms with van der Waals surface area (Å²) in [6.07, 6.45) is -3.73. The minimum absolute atomic E-state index is 0.132. The molecule has 0 saturated heterocycles.